The number of nitrogens with zero attached hydrogens (tertiary/aromatic N) is 1. The van der Waals surface area contributed by atoms with Crippen molar-refractivity contribution in [3.8, 4) is 11.5 Å². The van der Waals surface area contributed by atoms with E-state index in [9.17, 15) is 4.79 Å². The molecule has 1 aliphatic rings. The van der Waals surface area contributed by atoms with Crippen molar-refractivity contribution < 1.29 is 19.0 Å². The molecule has 1 aliphatic heterocycles. The number of hydrogen-bond acceptors (Lipinski definition) is 5. The van der Waals surface area contributed by atoms with E-state index in [2.05, 4.69) is 34.8 Å². The Balaban J connectivity index is 1.60. The van der Waals surface area contributed by atoms with Gasteiger partial charge in [-0.15, -0.1) is 0 Å². The van der Waals surface area contributed by atoms with E-state index >= 15 is 0 Å². The van der Waals surface area contributed by atoms with Crippen LogP contribution in [0.1, 0.15) is 48.9 Å². The molecule has 180 valence electrons. The van der Waals surface area contributed by atoms with Gasteiger partial charge in [-0.05, 0) is 60.4 Å². The summed E-state index contributed by atoms with van der Waals surface area (Å²) in [6.45, 7) is 6.88. The third-order valence-electron chi connectivity index (χ3n) is 5.41. The first-order chi connectivity index (χ1) is 16.9. The summed E-state index contributed by atoms with van der Waals surface area (Å²) in [4.78, 5) is 16.9. The zero-order valence-electron chi connectivity index (χ0n) is 19.7. The summed E-state index contributed by atoms with van der Waals surface area (Å²) in [7, 11) is 0. The highest BCUT2D eigenvalue weighted by Gasteiger charge is 2.25. The number of hydrogen-bond donors (Lipinski definition) is 0. The quantitative estimate of drug-likeness (QED) is 0.213. The fourth-order valence-electron chi connectivity index (χ4n) is 3.54. The zero-order valence-corrected chi connectivity index (χ0v) is 22.0. The van der Waals surface area contributed by atoms with Gasteiger partial charge >= 0.3 is 5.97 Å². The first kappa shape index (κ1) is 25.0. The molecule has 0 aromatic heterocycles. The molecule has 0 amide bonds. The molecule has 0 bridgehead atoms. The van der Waals surface area contributed by atoms with Gasteiger partial charge in [-0.2, -0.15) is 0 Å². The number of ether oxygens (including phenoxy) is 3. The van der Waals surface area contributed by atoms with Crippen LogP contribution in [0.4, 0.5) is 0 Å². The molecule has 0 saturated carbocycles. The SMILES string of the molecule is CCOc1cc(/C=C2\N=C(c3ccc(C(C)C)cc3)OC2=O)cc(Cl)c1OCc1ccccc1Br. The van der Waals surface area contributed by atoms with E-state index < -0.39 is 5.97 Å². The van der Waals surface area contributed by atoms with Gasteiger partial charge in [-0.25, -0.2) is 9.79 Å². The smallest absolute Gasteiger partial charge is 0.363 e. The average molecular weight is 555 g/mol. The fourth-order valence-corrected chi connectivity index (χ4v) is 4.21. The molecule has 0 atom stereocenters. The van der Waals surface area contributed by atoms with E-state index in [4.69, 9.17) is 25.8 Å². The lowest BCUT2D eigenvalue weighted by Gasteiger charge is -2.15. The fraction of sp³-hybridized carbons (Fsp3) is 0.214. The molecule has 3 aromatic carbocycles. The monoisotopic (exact) mass is 553 g/mol. The molecular formula is C28H25BrClNO4. The van der Waals surface area contributed by atoms with E-state index in [1.54, 1.807) is 18.2 Å². The van der Waals surface area contributed by atoms with Crippen molar-refractivity contribution in [3.05, 3.63) is 98.1 Å². The lowest BCUT2D eigenvalue weighted by atomic mass is 10.0. The molecule has 0 unspecified atom stereocenters. The number of carbonyl (C=O) groups is 1. The Kier molecular flexibility index (Phi) is 7.93. The number of benzene rings is 3. The van der Waals surface area contributed by atoms with Gasteiger partial charge in [0.15, 0.2) is 17.2 Å². The molecular weight excluding hydrogens is 530 g/mol. The molecule has 0 saturated heterocycles. The normalized spacial score (nSPS) is 14.3. The number of carbonyl (C=O) groups excluding carboxylic acids is 1. The number of aliphatic imine (C=N–C) groups is 1. The number of rotatable bonds is 8. The maximum absolute atomic E-state index is 12.5. The van der Waals surface area contributed by atoms with Crippen molar-refractivity contribution >= 4 is 45.5 Å². The largest absolute Gasteiger partial charge is 0.490 e. The number of esters is 1. The Hall–Kier alpha value is -3.09. The van der Waals surface area contributed by atoms with Crippen LogP contribution in [0.2, 0.25) is 5.02 Å². The first-order valence-corrected chi connectivity index (χ1v) is 12.5. The molecule has 0 aliphatic carbocycles. The molecule has 7 heteroatoms. The predicted molar refractivity (Wildman–Crippen MR) is 142 cm³/mol. The van der Waals surface area contributed by atoms with Crippen LogP contribution >= 0.6 is 27.5 Å². The van der Waals surface area contributed by atoms with Gasteiger partial charge in [0, 0.05) is 15.6 Å². The van der Waals surface area contributed by atoms with Crippen molar-refractivity contribution in [3.63, 3.8) is 0 Å². The summed E-state index contributed by atoms with van der Waals surface area (Å²) in [6, 6.07) is 19.1. The van der Waals surface area contributed by atoms with Crippen LogP contribution in [0.3, 0.4) is 0 Å². The van der Waals surface area contributed by atoms with Gasteiger partial charge in [0.25, 0.3) is 0 Å². The van der Waals surface area contributed by atoms with Crippen LogP contribution in [-0.4, -0.2) is 18.5 Å². The van der Waals surface area contributed by atoms with Gasteiger partial charge in [0.05, 0.1) is 11.6 Å². The lowest BCUT2D eigenvalue weighted by Crippen LogP contribution is -2.05. The maximum atomic E-state index is 12.5. The van der Waals surface area contributed by atoms with Gasteiger partial charge in [-0.3, -0.25) is 0 Å². The average Bonchev–Trinajstić information content (AvgIpc) is 3.20. The highest BCUT2D eigenvalue weighted by atomic mass is 79.9. The third-order valence-corrected chi connectivity index (χ3v) is 6.46. The molecule has 35 heavy (non-hydrogen) atoms. The minimum absolute atomic E-state index is 0.188. The van der Waals surface area contributed by atoms with Gasteiger partial charge in [-0.1, -0.05) is 71.7 Å². The standard InChI is InChI=1S/C28H25BrClNO4/c1-4-33-25-15-18(13-23(30)26(25)34-16-21-7-5-6-8-22(21)29)14-24-28(32)35-27(31-24)20-11-9-19(10-12-20)17(2)3/h5-15,17H,4,16H2,1-3H3/b24-14-. The highest BCUT2D eigenvalue weighted by molar-refractivity contribution is 9.10. The second-order valence-electron chi connectivity index (χ2n) is 8.26. The summed E-state index contributed by atoms with van der Waals surface area (Å²) < 4.78 is 18.2. The Morgan fingerprint density at radius 1 is 1.09 bits per heavy atom. The molecule has 0 spiro atoms. The van der Waals surface area contributed by atoms with Crippen LogP contribution in [0.15, 0.2) is 75.8 Å². The number of cyclic esters (lactones) is 1. The van der Waals surface area contributed by atoms with Gasteiger partial charge < -0.3 is 14.2 Å². The molecule has 5 nitrogen and oxygen atoms in total. The molecule has 0 fully saturated rings. The zero-order chi connectivity index (χ0) is 24.9. The minimum Gasteiger partial charge on any atom is -0.490 e. The van der Waals surface area contributed by atoms with Crippen molar-refractivity contribution in [1.82, 2.24) is 0 Å². The predicted octanol–water partition coefficient (Wildman–Crippen LogP) is 7.55. The molecule has 4 rings (SSSR count). The second kappa shape index (κ2) is 11.1. The summed E-state index contributed by atoms with van der Waals surface area (Å²) in [5, 5.41) is 0.370. The van der Waals surface area contributed by atoms with Crippen molar-refractivity contribution in [2.75, 3.05) is 6.61 Å². The van der Waals surface area contributed by atoms with Crippen LogP contribution in [-0.2, 0) is 16.1 Å². The minimum atomic E-state index is -0.517. The summed E-state index contributed by atoms with van der Waals surface area (Å²) >= 11 is 10.1. The topological polar surface area (TPSA) is 57.1 Å². The lowest BCUT2D eigenvalue weighted by molar-refractivity contribution is -0.129. The Labute approximate surface area is 218 Å². The Morgan fingerprint density at radius 3 is 2.51 bits per heavy atom. The van der Waals surface area contributed by atoms with Crippen LogP contribution in [0.5, 0.6) is 11.5 Å². The van der Waals surface area contributed by atoms with Crippen molar-refractivity contribution in [1.29, 1.82) is 0 Å². The second-order valence-corrected chi connectivity index (χ2v) is 9.52. The molecule has 0 N–H and O–H groups in total. The van der Waals surface area contributed by atoms with E-state index in [-0.39, 0.29) is 11.6 Å². The summed E-state index contributed by atoms with van der Waals surface area (Å²) in [5.41, 5.74) is 3.77. The van der Waals surface area contributed by atoms with E-state index in [0.717, 1.165) is 15.6 Å². The molecule has 3 aromatic rings. The highest BCUT2D eigenvalue weighted by Crippen LogP contribution is 2.38. The Bertz CT molecular complexity index is 1300. The van der Waals surface area contributed by atoms with Crippen molar-refractivity contribution in [2.45, 2.75) is 33.3 Å². The molecule has 1 heterocycles. The number of halogens is 2. The summed E-state index contributed by atoms with van der Waals surface area (Å²) in [5.74, 6) is 1.10. The van der Waals surface area contributed by atoms with E-state index in [0.29, 0.717) is 41.2 Å². The van der Waals surface area contributed by atoms with Crippen molar-refractivity contribution in [2.24, 2.45) is 4.99 Å². The van der Waals surface area contributed by atoms with E-state index in [1.165, 1.54) is 5.56 Å². The van der Waals surface area contributed by atoms with Crippen LogP contribution in [0.25, 0.3) is 6.08 Å². The van der Waals surface area contributed by atoms with E-state index in [1.807, 2.05) is 55.5 Å². The summed E-state index contributed by atoms with van der Waals surface area (Å²) in [6.07, 6.45) is 1.63. The van der Waals surface area contributed by atoms with Crippen LogP contribution in [0, 0.1) is 0 Å². The van der Waals surface area contributed by atoms with Gasteiger partial charge in [0.1, 0.15) is 6.61 Å². The maximum Gasteiger partial charge on any atom is 0.363 e. The Morgan fingerprint density at radius 2 is 1.83 bits per heavy atom. The first-order valence-electron chi connectivity index (χ1n) is 11.3. The third kappa shape index (κ3) is 5.95. The van der Waals surface area contributed by atoms with Gasteiger partial charge in [0.2, 0.25) is 5.90 Å². The van der Waals surface area contributed by atoms with Crippen LogP contribution < -0.4 is 9.47 Å². The molecule has 0 radical (unpaired) electrons.